The molecular formula is C13H19N3O4. The van der Waals surface area contributed by atoms with Crippen LogP contribution in [0.1, 0.15) is 49.3 Å². The molecule has 0 bridgehead atoms. The molecule has 1 aromatic rings. The van der Waals surface area contributed by atoms with Gasteiger partial charge in [-0.2, -0.15) is 0 Å². The molecule has 0 aliphatic heterocycles. The van der Waals surface area contributed by atoms with Gasteiger partial charge in [0.25, 0.3) is 0 Å². The summed E-state index contributed by atoms with van der Waals surface area (Å²) in [6.07, 6.45) is 1.36. The van der Waals surface area contributed by atoms with Gasteiger partial charge in [-0.3, -0.25) is 20.2 Å². The molecule has 20 heavy (non-hydrogen) atoms. The first-order valence-corrected chi connectivity index (χ1v) is 6.49. The third kappa shape index (κ3) is 2.43. The Labute approximate surface area is 117 Å². The van der Waals surface area contributed by atoms with Crippen molar-refractivity contribution in [2.24, 2.45) is 0 Å². The average molecular weight is 281 g/mol. The molecule has 0 radical (unpaired) electrons. The van der Waals surface area contributed by atoms with Crippen molar-refractivity contribution >= 4 is 17.1 Å². The number of nitrogens with zero attached hydrogens (tertiary/aromatic N) is 2. The van der Waals surface area contributed by atoms with E-state index in [-0.39, 0.29) is 11.6 Å². The van der Waals surface area contributed by atoms with E-state index in [1.807, 2.05) is 13.8 Å². The number of rotatable bonds is 5. The number of hydrogen-bond donors (Lipinski definition) is 1. The van der Waals surface area contributed by atoms with Crippen molar-refractivity contribution in [1.29, 1.82) is 0 Å². The number of nitrogens with two attached hydrogens (primary N) is 1. The van der Waals surface area contributed by atoms with Gasteiger partial charge in [0.15, 0.2) is 0 Å². The minimum Gasteiger partial charge on any atom is -0.393 e. The third-order valence-electron chi connectivity index (χ3n) is 3.86. The van der Waals surface area contributed by atoms with Crippen LogP contribution >= 0.6 is 0 Å². The van der Waals surface area contributed by atoms with Crippen LogP contribution in [-0.4, -0.2) is 9.85 Å². The molecule has 2 N–H and O–H groups in total. The summed E-state index contributed by atoms with van der Waals surface area (Å²) < 4.78 is 0. The molecule has 0 saturated heterocycles. The highest BCUT2D eigenvalue weighted by Gasteiger charge is 2.37. The van der Waals surface area contributed by atoms with Gasteiger partial charge in [0, 0.05) is 5.56 Å². The highest BCUT2D eigenvalue weighted by Crippen LogP contribution is 2.45. The Morgan fingerprint density at radius 3 is 1.80 bits per heavy atom. The van der Waals surface area contributed by atoms with Gasteiger partial charge in [0.05, 0.1) is 9.85 Å². The van der Waals surface area contributed by atoms with E-state index in [0.717, 1.165) is 0 Å². The van der Waals surface area contributed by atoms with E-state index in [1.54, 1.807) is 13.8 Å². The van der Waals surface area contributed by atoms with E-state index in [1.165, 1.54) is 0 Å². The fraction of sp³-hybridized carbons (Fsp3) is 0.538. The van der Waals surface area contributed by atoms with Gasteiger partial charge < -0.3 is 5.73 Å². The first-order chi connectivity index (χ1) is 9.27. The second-order valence-corrected chi connectivity index (χ2v) is 4.80. The Morgan fingerprint density at radius 2 is 1.45 bits per heavy atom. The Kier molecular flexibility index (Phi) is 4.65. The maximum atomic E-state index is 11.3. The number of anilines is 1. The Balaban J connectivity index is 3.90. The van der Waals surface area contributed by atoms with E-state index < -0.39 is 21.2 Å². The second-order valence-electron chi connectivity index (χ2n) is 4.80. The van der Waals surface area contributed by atoms with Crippen LogP contribution in [-0.2, 0) is 0 Å². The van der Waals surface area contributed by atoms with Gasteiger partial charge in [0.1, 0.15) is 5.69 Å². The first kappa shape index (κ1) is 15.9. The van der Waals surface area contributed by atoms with Crippen molar-refractivity contribution in [2.75, 3.05) is 5.73 Å². The summed E-state index contributed by atoms with van der Waals surface area (Å²) in [5.41, 5.74) is 6.24. The fourth-order valence-electron chi connectivity index (χ4n) is 2.58. The van der Waals surface area contributed by atoms with Crippen molar-refractivity contribution in [2.45, 2.75) is 46.5 Å². The molecule has 0 atom stereocenters. The molecule has 7 heteroatoms. The van der Waals surface area contributed by atoms with Crippen LogP contribution in [0.2, 0.25) is 0 Å². The minimum atomic E-state index is -0.758. The molecule has 1 aromatic carbocycles. The van der Waals surface area contributed by atoms with E-state index in [9.17, 15) is 20.2 Å². The highest BCUT2D eigenvalue weighted by atomic mass is 16.6. The van der Waals surface area contributed by atoms with Crippen molar-refractivity contribution in [1.82, 2.24) is 0 Å². The SMILES string of the molecule is CCC(CC)c1c(C)c(C)c(N)c([N+](=O)[O-])c1[N+](=O)[O-]. The summed E-state index contributed by atoms with van der Waals surface area (Å²) in [4.78, 5) is 21.1. The average Bonchev–Trinajstić information content (AvgIpc) is 2.38. The number of nitro benzene ring substituents is 2. The quantitative estimate of drug-likeness (QED) is 0.503. The monoisotopic (exact) mass is 281 g/mol. The smallest absolute Gasteiger partial charge is 0.369 e. The van der Waals surface area contributed by atoms with E-state index in [2.05, 4.69) is 0 Å². The Hall–Kier alpha value is -2.18. The molecule has 0 saturated carbocycles. The van der Waals surface area contributed by atoms with Gasteiger partial charge in [-0.05, 0) is 43.7 Å². The second kappa shape index (κ2) is 5.85. The van der Waals surface area contributed by atoms with Crippen LogP contribution in [0.5, 0.6) is 0 Å². The van der Waals surface area contributed by atoms with Crippen LogP contribution in [0.3, 0.4) is 0 Å². The zero-order valence-electron chi connectivity index (χ0n) is 12.1. The number of nitro groups is 2. The summed E-state index contributed by atoms with van der Waals surface area (Å²) in [7, 11) is 0. The van der Waals surface area contributed by atoms with Crippen molar-refractivity contribution < 1.29 is 9.85 Å². The van der Waals surface area contributed by atoms with E-state index in [0.29, 0.717) is 29.5 Å². The van der Waals surface area contributed by atoms with Crippen LogP contribution in [0.4, 0.5) is 17.1 Å². The molecule has 0 unspecified atom stereocenters. The van der Waals surface area contributed by atoms with Gasteiger partial charge in [0.2, 0.25) is 0 Å². The largest absolute Gasteiger partial charge is 0.393 e. The first-order valence-electron chi connectivity index (χ1n) is 6.49. The summed E-state index contributed by atoms with van der Waals surface area (Å²) in [6.45, 7) is 7.22. The molecule has 0 spiro atoms. The molecular weight excluding hydrogens is 262 g/mol. The van der Waals surface area contributed by atoms with Crippen molar-refractivity contribution in [3.8, 4) is 0 Å². The molecule has 7 nitrogen and oxygen atoms in total. The molecule has 0 fully saturated rings. The predicted molar refractivity (Wildman–Crippen MR) is 77.0 cm³/mol. The summed E-state index contributed by atoms with van der Waals surface area (Å²) >= 11 is 0. The van der Waals surface area contributed by atoms with Crippen LogP contribution in [0.15, 0.2) is 0 Å². The van der Waals surface area contributed by atoms with Gasteiger partial charge in [-0.1, -0.05) is 13.8 Å². The van der Waals surface area contributed by atoms with Gasteiger partial charge in [-0.25, -0.2) is 0 Å². The molecule has 1 rings (SSSR count). The molecule has 0 aliphatic rings. The predicted octanol–water partition coefficient (Wildman–Crippen LogP) is 3.61. The number of benzene rings is 1. The van der Waals surface area contributed by atoms with Gasteiger partial charge in [-0.15, -0.1) is 0 Å². The zero-order chi connectivity index (χ0) is 15.6. The van der Waals surface area contributed by atoms with Crippen LogP contribution < -0.4 is 5.73 Å². The fourth-order valence-corrected chi connectivity index (χ4v) is 2.58. The van der Waals surface area contributed by atoms with E-state index in [4.69, 9.17) is 5.73 Å². The number of hydrogen-bond acceptors (Lipinski definition) is 5. The standard InChI is InChI=1S/C13H19N3O4/c1-5-9(6-2)10-7(3)8(4)11(14)13(16(19)20)12(10)15(17)18/h9H,5-6,14H2,1-4H3. The minimum absolute atomic E-state index is 0.0894. The van der Waals surface area contributed by atoms with Crippen molar-refractivity contribution in [3.63, 3.8) is 0 Å². The maximum Gasteiger partial charge on any atom is 0.369 e. The topological polar surface area (TPSA) is 112 Å². The van der Waals surface area contributed by atoms with E-state index >= 15 is 0 Å². The Morgan fingerprint density at radius 1 is 1.00 bits per heavy atom. The lowest BCUT2D eigenvalue weighted by Crippen LogP contribution is -2.11. The summed E-state index contributed by atoms with van der Waals surface area (Å²) in [6, 6.07) is 0. The molecule has 0 aliphatic carbocycles. The lowest BCUT2D eigenvalue weighted by atomic mass is 9.85. The third-order valence-corrected chi connectivity index (χ3v) is 3.86. The lowest BCUT2D eigenvalue weighted by molar-refractivity contribution is -0.422. The number of nitrogen functional groups attached to an aromatic ring is 1. The molecule has 0 amide bonds. The summed E-state index contributed by atoms with van der Waals surface area (Å²) in [5, 5.41) is 22.5. The zero-order valence-corrected chi connectivity index (χ0v) is 12.1. The van der Waals surface area contributed by atoms with Crippen molar-refractivity contribution in [3.05, 3.63) is 36.9 Å². The van der Waals surface area contributed by atoms with Gasteiger partial charge >= 0.3 is 11.4 Å². The molecule has 0 heterocycles. The summed E-state index contributed by atoms with van der Waals surface area (Å²) in [5.74, 6) is -0.0894. The van der Waals surface area contributed by atoms with Crippen LogP contribution in [0.25, 0.3) is 0 Å². The Bertz CT molecular complexity index is 565. The molecule has 0 aromatic heterocycles. The lowest BCUT2D eigenvalue weighted by Gasteiger charge is -2.18. The van der Waals surface area contributed by atoms with Crippen LogP contribution in [0, 0.1) is 34.1 Å². The maximum absolute atomic E-state index is 11.3. The highest BCUT2D eigenvalue weighted by molar-refractivity contribution is 5.78. The normalized spacial score (nSPS) is 10.8. The molecule has 110 valence electrons.